The first-order valence-electron chi connectivity index (χ1n) is 4.96. The highest BCUT2D eigenvalue weighted by Crippen LogP contribution is 2.34. The summed E-state index contributed by atoms with van der Waals surface area (Å²) in [5.74, 6) is 0. The normalized spacial score (nSPS) is 14.0. The summed E-state index contributed by atoms with van der Waals surface area (Å²) in [6.07, 6.45) is 0. The molecule has 0 spiro atoms. The van der Waals surface area contributed by atoms with Gasteiger partial charge in [-0.15, -0.1) is 11.8 Å². The average molecular weight is 209 g/mol. The van der Waals surface area contributed by atoms with E-state index in [0.717, 1.165) is 6.54 Å². The van der Waals surface area contributed by atoms with Crippen molar-refractivity contribution in [2.75, 3.05) is 6.54 Å². The molecule has 0 aromatic heterocycles. The summed E-state index contributed by atoms with van der Waals surface area (Å²) in [6.45, 7) is 7.43. The number of benzene rings is 1. The third kappa shape index (κ3) is 3.35. The van der Waals surface area contributed by atoms with E-state index in [1.807, 2.05) is 17.8 Å². The molecule has 2 N–H and O–H groups in total. The van der Waals surface area contributed by atoms with Crippen LogP contribution in [0.5, 0.6) is 0 Å². The molecule has 0 amide bonds. The Labute approximate surface area is 91.1 Å². The summed E-state index contributed by atoms with van der Waals surface area (Å²) in [5, 5.41) is 0.477. The zero-order valence-electron chi connectivity index (χ0n) is 9.16. The molecule has 14 heavy (non-hydrogen) atoms. The molecule has 0 aliphatic carbocycles. The van der Waals surface area contributed by atoms with Gasteiger partial charge in [0.2, 0.25) is 0 Å². The van der Waals surface area contributed by atoms with Gasteiger partial charge in [0.1, 0.15) is 0 Å². The standard InChI is InChI=1S/C12H19NS/c1-12(2,3)11(9-13)14-10-7-5-4-6-8-10/h4-8,11H,9,13H2,1-3H3. The smallest absolute Gasteiger partial charge is 0.0265 e. The first-order chi connectivity index (χ1) is 6.54. The Hall–Kier alpha value is -0.470. The topological polar surface area (TPSA) is 26.0 Å². The van der Waals surface area contributed by atoms with Crippen molar-refractivity contribution in [1.29, 1.82) is 0 Å². The predicted octanol–water partition coefficient (Wildman–Crippen LogP) is 3.15. The maximum absolute atomic E-state index is 5.79. The van der Waals surface area contributed by atoms with Gasteiger partial charge < -0.3 is 5.73 Å². The fourth-order valence-corrected chi connectivity index (χ4v) is 2.33. The highest BCUT2D eigenvalue weighted by atomic mass is 32.2. The van der Waals surface area contributed by atoms with E-state index in [0.29, 0.717) is 5.25 Å². The molecule has 0 bridgehead atoms. The average Bonchev–Trinajstić information content (AvgIpc) is 2.14. The van der Waals surface area contributed by atoms with Crippen LogP contribution in [0.15, 0.2) is 35.2 Å². The van der Waals surface area contributed by atoms with Crippen molar-refractivity contribution in [1.82, 2.24) is 0 Å². The lowest BCUT2D eigenvalue weighted by molar-refractivity contribution is 0.398. The van der Waals surface area contributed by atoms with Gasteiger partial charge in [-0.3, -0.25) is 0 Å². The van der Waals surface area contributed by atoms with E-state index in [1.54, 1.807) is 0 Å². The highest BCUT2D eigenvalue weighted by Gasteiger charge is 2.23. The fraction of sp³-hybridized carbons (Fsp3) is 0.500. The third-order valence-electron chi connectivity index (χ3n) is 2.20. The van der Waals surface area contributed by atoms with Crippen LogP contribution in [0.3, 0.4) is 0 Å². The summed E-state index contributed by atoms with van der Waals surface area (Å²) in [4.78, 5) is 1.30. The van der Waals surface area contributed by atoms with Gasteiger partial charge in [-0.05, 0) is 17.5 Å². The number of thioether (sulfide) groups is 1. The Kier molecular flexibility index (Phi) is 4.02. The van der Waals surface area contributed by atoms with Crippen molar-refractivity contribution in [3.63, 3.8) is 0 Å². The van der Waals surface area contributed by atoms with Gasteiger partial charge in [0, 0.05) is 16.7 Å². The molecular weight excluding hydrogens is 190 g/mol. The fourth-order valence-electron chi connectivity index (χ4n) is 1.24. The molecule has 0 radical (unpaired) electrons. The highest BCUT2D eigenvalue weighted by molar-refractivity contribution is 8.00. The lowest BCUT2D eigenvalue weighted by atomic mass is 9.92. The van der Waals surface area contributed by atoms with E-state index < -0.39 is 0 Å². The van der Waals surface area contributed by atoms with Crippen LogP contribution in [0.1, 0.15) is 20.8 Å². The van der Waals surface area contributed by atoms with Crippen LogP contribution in [0.25, 0.3) is 0 Å². The molecule has 0 aliphatic rings. The zero-order chi connectivity index (χ0) is 10.6. The van der Waals surface area contributed by atoms with Gasteiger partial charge in [0.15, 0.2) is 0 Å². The van der Waals surface area contributed by atoms with E-state index >= 15 is 0 Å². The van der Waals surface area contributed by atoms with Crippen molar-refractivity contribution in [3.05, 3.63) is 30.3 Å². The van der Waals surface area contributed by atoms with Crippen LogP contribution in [-0.2, 0) is 0 Å². The Morgan fingerprint density at radius 2 is 1.79 bits per heavy atom. The summed E-state index contributed by atoms with van der Waals surface area (Å²) in [6, 6.07) is 10.5. The monoisotopic (exact) mass is 209 g/mol. The summed E-state index contributed by atoms with van der Waals surface area (Å²) in [5.41, 5.74) is 6.05. The molecule has 0 heterocycles. The SMILES string of the molecule is CC(C)(C)C(CN)Sc1ccccc1. The number of hydrogen-bond acceptors (Lipinski definition) is 2. The van der Waals surface area contributed by atoms with Crippen LogP contribution in [-0.4, -0.2) is 11.8 Å². The summed E-state index contributed by atoms with van der Waals surface area (Å²) >= 11 is 1.87. The largest absolute Gasteiger partial charge is 0.329 e. The van der Waals surface area contributed by atoms with E-state index in [2.05, 4.69) is 45.0 Å². The molecule has 1 nitrogen and oxygen atoms in total. The maximum atomic E-state index is 5.79. The first-order valence-corrected chi connectivity index (χ1v) is 5.84. The predicted molar refractivity (Wildman–Crippen MR) is 64.6 cm³/mol. The van der Waals surface area contributed by atoms with E-state index in [-0.39, 0.29) is 5.41 Å². The first kappa shape index (κ1) is 11.6. The van der Waals surface area contributed by atoms with Gasteiger partial charge >= 0.3 is 0 Å². The molecular formula is C12H19NS. The minimum atomic E-state index is 0.259. The van der Waals surface area contributed by atoms with E-state index in [9.17, 15) is 0 Å². The Bertz CT molecular complexity index is 263. The van der Waals surface area contributed by atoms with Gasteiger partial charge in [0.05, 0.1) is 0 Å². The second-order valence-electron chi connectivity index (χ2n) is 4.52. The van der Waals surface area contributed by atoms with Crippen LogP contribution >= 0.6 is 11.8 Å². The van der Waals surface area contributed by atoms with Crippen molar-refractivity contribution >= 4 is 11.8 Å². The minimum Gasteiger partial charge on any atom is -0.329 e. The zero-order valence-corrected chi connectivity index (χ0v) is 9.97. The molecule has 1 rings (SSSR count). The van der Waals surface area contributed by atoms with E-state index in [4.69, 9.17) is 5.73 Å². The number of rotatable bonds is 3. The molecule has 1 atom stereocenters. The van der Waals surface area contributed by atoms with Crippen LogP contribution in [0, 0.1) is 5.41 Å². The number of hydrogen-bond donors (Lipinski definition) is 1. The molecule has 1 aromatic carbocycles. The molecule has 1 aromatic rings. The molecule has 0 saturated heterocycles. The lowest BCUT2D eigenvalue weighted by Gasteiger charge is -2.28. The van der Waals surface area contributed by atoms with Crippen molar-refractivity contribution in [3.8, 4) is 0 Å². The van der Waals surface area contributed by atoms with Gasteiger partial charge in [0.25, 0.3) is 0 Å². The van der Waals surface area contributed by atoms with Crippen LogP contribution in [0.4, 0.5) is 0 Å². The molecule has 2 heteroatoms. The molecule has 1 unspecified atom stereocenters. The molecule has 0 aliphatic heterocycles. The van der Waals surface area contributed by atoms with Crippen LogP contribution < -0.4 is 5.73 Å². The van der Waals surface area contributed by atoms with Crippen molar-refractivity contribution < 1.29 is 0 Å². The van der Waals surface area contributed by atoms with Gasteiger partial charge in [-0.1, -0.05) is 39.0 Å². The number of nitrogens with two attached hydrogens (primary N) is 1. The second kappa shape index (κ2) is 4.85. The maximum Gasteiger partial charge on any atom is 0.0265 e. The third-order valence-corrected chi connectivity index (χ3v) is 3.93. The molecule has 0 fully saturated rings. The summed E-state index contributed by atoms with van der Waals surface area (Å²) in [7, 11) is 0. The Morgan fingerprint density at radius 3 is 2.21 bits per heavy atom. The molecule has 78 valence electrons. The van der Waals surface area contributed by atoms with E-state index in [1.165, 1.54) is 4.90 Å². The van der Waals surface area contributed by atoms with Crippen molar-refractivity contribution in [2.24, 2.45) is 11.1 Å². The summed E-state index contributed by atoms with van der Waals surface area (Å²) < 4.78 is 0. The Balaban J connectivity index is 2.67. The van der Waals surface area contributed by atoms with Gasteiger partial charge in [-0.25, -0.2) is 0 Å². The lowest BCUT2D eigenvalue weighted by Crippen LogP contribution is -2.30. The quantitative estimate of drug-likeness (QED) is 0.774. The van der Waals surface area contributed by atoms with Crippen molar-refractivity contribution in [2.45, 2.75) is 30.9 Å². The molecule has 0 saturated carbocycles. The second-order valence-corrected chi connectivity index (χ2v) is 5.80. The van der Waals surface area contributed by atoms with Crippen LogP contribution in [0.2, 0.25) is 0 Å². The van der Waals surface area contributed by atoms with Gasteiger partial charge in [-0.2, -0.15) is 0 Å². The minimum absolute atomic E-state index is 0.259. The Morgan fingerprint density at radius 1 is 1.21 bits per heavy atom.